The number of carbonyl (C=O) groups excluding carboxylic acids is 1. The molecule has 7 heteroatoms. The number of carbonyl (C=O) groups is 1. The van der Waals surface area contributed by atoms with Crippen molar-refractivity contribution in [3.05, 3.63) is 69.4 Å². The quantitative estimate of drug-likeness (QED) is 0.612. The summed E-state index contributed by atoms with van der Waals surface area (Å²) in [4.78, 5) is 12.9. The molecule has 0 fully saturated rings. The van der Waals surface area contributed by atoms with Gasteiger partial charge in [-0.1, -0.05) is 37.0 Å². The fraction of sp³-hybridized carbons (Fsp3) is 0.300. The maximum Gasteiger partial charge on any atom is 0.255 e. The van der Waals surface area contributed by atoms with Crippen LogP contribution >= 0.6 is 23.2 Å². The Labute approximate surface area is 168 Å². The predicted octanol–water partition coefficient (Wildman–Crippen LogP) is 5.21. The summed E-state index contributed by atoms with van der Waals surface area (Å²) in [6.45, 7) is 6.39. The lowest BCUT2D eigenvalue weighted by atomic mass is 10.0. The van der Waals surface area contributed by atoms with E-state index in [4.69, 9.17) is 27.6 Å². The molecule has 2 aromatic heterocycles. The first kappa shape index (κ1) is 19.5. The van der Waals surface area contributed by atoms with Crippen molar-refractivity contribution in [3.8, 4) is 5.69 Å². The van der Waals surface area contributed by atoms with Gasteiger partial charge in [0.1, 0.15) is 5.76 Å². The van der Waals surface area contributed by atoms with Crippen LogP contribution in [0.5, 0.6) is 0 Å². The van der Waals surface area contributed by atoms with Gasteiger partial charge in [0.25, 0.3) is 5.91 Å². The Balaban J connectivity index is 1.96. The van der Waals surface area contributed by atoms with E-state index < -0.39 is 0 Å². The number of nitrogens with zero attached hydrogens (tertiary/aromatic N) is 2. The summed E-state index contributed by atoms with van der Waals surface area (Å²) in [7, 11) is 0. The number of hydrogen-bond acceptors (Lipinski definition) is 3. The van der Waals surface area contributed by atoms with Gasteiger partial charge in [0.2, 0.25) is 0 Å². The Morgan fingerprint density at radius 1 is 1.26 bits per heavy atom. The van der Waals surface area contributed by atoms with Gasteiger partial charge in [-0.25, -0.2) is 4.68 Å². The maximum absolute atomic E-state index is 12.9. The van der Waals surface area contributed by atoms with Crippen LogP contribution in [0.15, 0.2) is 41.0 Å². The molecule has 0 saturated heterocycles. The second kappa shape index (κ2) is 8.19. The number of amides is 1. The molecule has 0 bridgehead atoms. The summed E-state index contributed by atoms with van der Waals surface area (Å²) in [5, 5.41) is 8.51. The van der Waals surface area contributed by atoms with Gasteiger partial charge in [0.05, 0.1) is 45.5 Å². The van der Waals surface area contributed by atoms with Crippen molar-refractivity contribution in [2.45, 2.75) is 33.7 Å². The number of nitrogens with one attached hydrogen (secondary N) is 1. The molecule has 1 N–H and O–H groups in total. The number of furan rings is 1. The Bertz CT molecular complexity index is 947. The molecule has 5 nitrogen and oxygen atoms in total. The van der Waals surface area contributed by atoms with Crippen LogP contribution in [-0.2, 0) is 13.0 Å². The van der Waals surface area contributed by atoms with E-state index in [0.29, 0.717) is 40.3 Å². The molecule has 0 aliphatic carbocycles. The number of benzene rings is 1. The minimum atomic E-state index is -0.175. The van der Waals surface area contributed by atoms with E-state index in [9.17, 15) is 4.79 Å². The van der Waals surface area contributed by atoms with Gasteiger partial charge >= 0.3 is 0 Å². The highest BCUT2D eigenvalue weighted by atomic mass is 35.5. The van der Waals surface area contributed by atoms with Crippen molar-refractivity contribution in [1.29, 1.82) is 0 Å². The molecule has 1 amide bonds. The molecule has 0 aliphatic rings. The van der Waals surface area contributed by atoms with Gasteiger partial charge < -0.3 is 9.73 Å². The highest BCUT2D eigenvalue weighted by Crippen LogP contribution is 2.27. The first-order valence-corrected chi connectivity index (χ1v) is 9.47. The summed E-state index contributed by atoms with van der Waals surface area (Å²) < 4.78 is 7.02. The monoisotopic (exact) mass is 405 g/mol. The van der Waals surface area contributed by atoms with Crippen molar-refractivity contribution >= 4 is 29.1 Å². The predicted molar refractivity (Wildman–Crippen MR) is 107 cm³/mol. The summed E-state index contributed by atoms with van der Waals surface area (Å²) in [5.41, 5.74) is 2.85. The lowest BCUT2D eigenvalue weighted by Crippen LogP contribution is -2.24. The van der Waals surface area contributed by atoms with E-state index in [1.54, 1.807) is 29.1 Å². The Hall–Kier alpha value is -2.24. The van der Waals surface area contributed by atoms with Gasteiger partial charge in [-0.2, -0.15) is 5.10 Å². The maximum atomic E-state index is 12.9. The summed E-state index contributed by atoms with van der Waals surface area (Å²) in [6.07, 6.45) is 2.28. The zero-order chi connectivity index (χ0) is 19.6. The first-order chi connectivity index (χ1) is 12.9. The number of hydrogen-bond donors (Lipinski definition) is 1. The van der Waals surface area contributed by atoms with E-state index in [0.717, 1.165) is 17.1 Å². The molecule has 3 aromatic rings. The van der Waals surface area contributed by atoms with E-state index in [-0.39, 0.29) is 5.91 Å². The Morgan fingerprint density at radius 2 is 2.04 bits per heavy atom. The Kier molecular flexibility index (Phi) is 5.92. The highest BCUT2D eigenvalue weighted by Gasteiger charge is 2.23. The molecule has 2 heterocycles. The van der Waals surface area contributed by atoms with E-state index in [1.807, 2.05) is 19.1 Å². The average Bonchev–Trinajstić information content (AvgIpc) is 3.23. The van der Waals surface area contributed by atoms with Gasteiger partial charge in [0.15, 0.2) is 0 Å². The number of rotatable bonds is 6. The van der Waals surface area contributed by atoms with Crippen LogP contribution in [0.2, 0.25) is 10.0 Å². The lowest BCUT2D eigenvalue weighted by molar-refractivity contribution is 0.0946. The van der Waals surface area contributed by atoms with Crippen molar-refractivity contribution in [3.63, 3.8) is 0 Å². The van der Waals surface area contributed by atoms with Crippen molar-refractivity contribution in [2.75, 3.05) is 0 Å². The molecule has 3 rings (SSSR count). The number of aromatic nitrogens is 2. The van der Waals surface area contributed by atoms with E-state index in [2.05, 4.69) is 24.3 Å². The molecule has 0 atom stereocenters. The van der Waals surface area contributed by atoms with Crippen LogP contribution in [0.25, 0.3) is 5.69 Å². The third-order valence-electron chi connectivity index (χ3n) is 4.17. The smallest absolute Gasteiger partial charge is 0.255 e. The summed E-state index contributed by atoms with van der Waals surface area (Å²) in [6, 6.07) is 8.91. The summed E-state index contributed by atoms with van der Waals surface area (Å²) in [5.74, 6) is 0.882. The van der Waals surface area contributed by atoms with Gasteiger partial charge in [0, 0.05) is 0 Å². The Morgan fingerprint density at radius 3 is 2.67 bits per heavy atom. The standard InChI is InChI=1S/C20H21Cl2N3O2/c1-12(2)9-18-19(20(26)23-11-15-5-4-8-27-15)13(3)25(24-18)14-6-7-16(21)17(22)10-14/h4-8,10,12H,9,11H2,1-3H3,(H,23,26). The molecule has 0 radical (unpaired) electrons. The zero-order valence-electron chi connectivity index (χ0n) is 15.4. The molecular formula is C20H21Cl2N3O2. The van der Waals surface area contributed by atoms with Crippen LogP contribution in [0, 0.1) is 12.8 Å². The number of halogens is 2. The molecule has 0 aliphatic heterocycles. The van der Waals surface area contributed by atoms with Crippen molar-refractivity contribution in [1.82, 2.24) is 15.1 Å². The molecule has 0 spiro atoms. The molecule has 27 heavy (non-hydrogen) atoms. The van der Waals surface area contributed by atoms with E-state index >= 15 is 0 Å². The normalized spacial score (nSPS) is 11.2. The molecule has 142 valence electrons. The highest BCUT2D eigenvalue weighted by molar-refractivity contribution is 6.42. The van der Waals surface area contributed by atoms with Gasteiger partial charge in [-0.3, -0.25) is 4.79 Å². The SMILES string of the molecule is Cc1c(C(=O)NCc2ccco2)c(CC(C)C)nn1-c1ccc(Cl)c(Cl)c1. The van der Waals surface area contributed by atoms with Gasteiger partial charge in [-0.05, 0) is 49.6 Å². The summed E-state index contributed by atoms with van der Waals surface area (Å²) >= 11 is 12.2. The van der Waals surface area contributed by atoms with Crippen LogP contribution in [0.3, 0.4) is 0 Å². The third-order valence-corrected chi connectivity index (χ3v) is 4.91. The molecule has 0 unspecified atom stereocenters. The van der Waals surface area contributed by atoms with Crippen LogP contribution in [-0.4, -0.2) is 15.7 Å². The topological polar surface area (TPSA) is 60.1 Å². The van der Waals surface area contributed by atoms with E-state index in [1.165, 1.54) is 0 Å². The van der Waals surface area contributed by atoms with Crippen LogP contribution < -0.4 is 5.32 Å². The van der Waals surface area contributed by atoms with Crippen molar-refractivity contribution in [2.24, 2.45) is 5.92 Å². The van der Waals surface area contributed by atoms with Gasteiger partial charge in [-0.15, -0.1) is 0 Å². The molecule has 0 saturated carbocycles. The van der Waals surface area contributed by atoms with Crippen molar-refractivity contribution < 1.29 is 9.21 Å². The fourth-order valence-electron chi connectivity index (χ4n) is 2.92. The first-order valence-electron chi connectivity index (χ1n) is 8.71. The zero-order valence-corrected chi connectivity index (χ0v) is 16.9. The van der Waals surface area contributed by atoms with Crippen LogP contribution in [0.4, 0.5) is 0 Å². The molecular weight excluding hydrogens is 385 g/mol. The second-order valence-electron chi connectivity index (χ2n) is 6.78. The average molecular weight is 406 g/mol. The largest absolute Gasteiger partial charge is 0.467 e. The lowest BCUT2D eigenvalue weighted by Gasteiger charge is -2.07. The molecule has 1 aromatic carbocycles. The second-order valence-corrected chi connectivity index (χ2v) is 7.59. The minimum Gasteiger partial charge on any atom is -0.467 e. The minimum absolute atomic E-state index is 0.175. The fourth-order valence-corrected chi connectivity index (χ4v) is 3.21. The van der Waals surface area contributed by atoms with Crippen LogP contribution in [0.1, 0.15) is 41.4 Å². The third kappa shape index (κ3) is 4.37.